The van der Waals surface area contributed by atoms with Crippen LogP contribution in [0.5, 0.6) is 0 Å². The van der Waals surface area contributed by atoms with Crippen LogP contribution in [0.3, 0.4) is 0 Å². The van der Waals surface area contributed by atoms with Crippen LogP contribution in [0.2, 0.25) is 0 Å². The Morgan fingerprint density at radius 1 is 1.33 bits per heavy atom. The summed E-state index contributed by atoms with van der Waals surface area (Å²) in [6.45, 7) is 10.4. The van der Waals surface area contributed by atoms with Gasteiger partial charge in [0, 0.05) is 42.5 Å². The van der Waals surface area contributed by atoms with E-state index in [4.69, 9.17) is 0 Å². The first-order valence-electron chi connectivity index (χ1n) is 5.74. The summed E-state index contributed by atoms with van der Waals surface area (Å²) in [6, 6.07) is 2.35. The standard InChI is InChI=1S/C12H20N2S/c1-10-9-12(11(2)15-10)3-6-14-7-4-13-5-8-14/h9,13H,3-8H2,1-2H3. The van der Waals surface area contributed by atoms with Crippen molar-refractivity contribution in [3.63, 3.8) is 0 Å². The second-order valence-electron chi connectivity index (χ2n) is 4.28. The van der Waals surface area contributed by atoms with Gasteiger partial charge in [0.25, 0.3) is 0 Å². The van der Waals surface area contributed by atoms with Gasteiger partial charge in [-0.25, -0.2) is 0 Å². The monoisotopic (exact) mass is 224 g/mol. The van der Waals surface area contributed by atoms with E-state index < -0.39 is 0 Å². The third-order valence-electron chi connectivity index (χ3n) is 3.05. The first kappa shape index (κ1) is 11.1. The largest absolute Gasteiger partial charge is 0.314 e. The Balaban J connectivity index is 1.84. The molecule has 0 unspecified atom stereocenters. The Morgan fingerprint density at radius 2 is 2.07 bits per heavy atom. The molecule has 1 N–H and O–H groups in total. The van der Waals surface area contributed by atoms with Crippen LogP contribution in [0, 0.1) is 13.8 Å². The van der Waals surface area contributed by atoms with Gasteiger partial charge in [-0.3, -0.25) is 0 Å². The number of rotatable bonds is 3. The van der Waals surface area contributed by atoms with Gasteiger partial charge in [0.1, 0.15) is 0 Å². The summed E-state index contributed by atoms with van der Waals surface area (Å²) in [7, 11) is 0. The van der Waals surface area contributed by atoms with E-state index in [2.05, 4.69) is 30.1 Å². The van der Waals surface area contributed by atoms with Gasteiger partial charge in [-0.1, -0.05) is 0 Å². The van der Waals surface area contributed by atoms with Crippen molar-refractivity contribution >= 4 is 11.3 Å². The molecule has 1 aromatic heterocycles. The Labute approximate surface area is 96.3 Å². The van der Waals surface area contributed by atoms with Crippen molar-refractivity contribution in [1.82, 2.24) is 10.2 Å². The molecule has 0 atom stereocenters. The zero-order valence-corrected chi connectivity index (χ0v) is 10.5. The number of piperazine rings is 1. The molecule has 1 fully saturated rings. The highest BCUT2D eigenvalue weighted by atomic mass is 32.1. The van der Waals surface area contributed by atoms with Crippen LogP contribution in [0.1, 0.15) is 15.3 Å². The number of nitrogens with one attached hydrogen (secondary N) is 1. The van der Waals surface area contributed by atoms with E-state index >= 15 is 0 Å². The van der Waals surface area contributed by atoms with Crippen LogP contribution in [0.15, 0.2) is 6.07 Å². The van der Waals surface area contributed by atoms with E-state index in [-0.39, 0.29) is 0 Å². The highest BCUT2D eigenvalue weighted by Crippen LogP contribution is 2.21. The van der Waals surface area contributed by atoms with Crippen molar-refractivity contribution < 1.29 is 0 Å². The summed E-state index contributed by atoms with van der Waals surface area (Å²) < 4.78 is 0. The van der Waals surface area contributed by atoms with Crippen LogP contribution in [-0.2, 0) is 6.42 Å². The lowest BCUT2D eigenvalue weighted by Gasteiger charge is -2.27. The van der Waals surface area contributed by atoms with Gasteiger partial charge < -0.3 is 10.2 Å². The molecule has 1 aromatic rings. The maximum Gasteiger partial charge on any atom is 0.0108 e. The van der Waals surface area contributed by atoms with Crippen LogP contribution < -0.4 is 5.32 Å². The van der Waals surface area contributed by atoms with E-state index in [1.807, 2.05) is 11.3 Å². The van der Waals surface area contributed by atoms with Crippen molar-refractivity contribution in [3.8, 4) is 0 Å². The number of hydrogen-bond donors (Lipinski definition) is 1. The number of thiophene rings is 1. The van der Waals surface area contributed by atoms with Gasteiger partial charge in [-0.05, 0) is 31.9 Å². The average Bonchev–Trinajstić information content (AvgIpc) is 2.56. The highest BCUT2D eigenvalue weighted by molar-refractivity contribution is 7.12. The van der Waals surface area contributed by atoms with Crippen LogP contribution in [0.4, 0.5) is 0 Å². The Hall–Kier alpha value is -0.380. The molecule has 1 saturated heterocycles. The normalized spacial score (nSPS) is 18.3. The summed E-state index contributed by atoms with van der Waals surface area (Å²) in [5.74, 6) is 0. The molecule has 0 spiro atoms. The minimum Gasteiger partial charge on any atom is -0.314 e. The maximum atomic E-state index is 3.39. The molecule has 0 bridgehead atoms. The molecule has 0 saturated carbocycles. The second-order valence-corrected chi connectivity index (χ2v) is 5.74. The third kappa shape index (κ3) is 3.03. The van der Waals surface area contributed by atoms with Gasteiger partial charge in [0.2, 0.25) is 0 Å². The summed E-state index contributed by atoms with van der Waals surface area (Å²) in [4.78, 5) is 5.51. The van der Waals surface area contributed by atoms with E-state index in [0.717, 1.165) is 13.1 Å². The first-order valence-corrected chi connectivity index (χ1v) is 6.56. The number of hydrogen-bond acceptors (Lipinski definition) is 3. The lowest BCUT2D eigenvalue weighted by atomic mass is 10.1. The zero-order valence-electron chi connectivity index (χ0n) is 9.68. The predicted molar refractivity (Wildman–Crippen MR) is 66.8 cm³/mol. The summed E-state index contributed by atoms with van der Waals surface area (Å²) >= 11 is 1.92. The Morgan fingerprint density at radius 3 is 2.67 bits per heavy atom. The minimum absolute atomic E-state index is 1.15. The van der Waals surface area contributed by atoms with E-state index in [1.165, 1.54) is 35.8 Å². The lowest BCUT2D eigenvalue weighted by Crippen LogP contribution is -2.44. The topological polar surface area (TPSA) is 15.3 Å². The SMILES string of the molecule is Cc1cc(CCN2CCNCC2)c(C)s1. The molecular weight excluding hydrogens is 204 g/mol. The molecule has 3 heteroatoms. The van der Waals surface area contributed by atoms with Gasteiger partial charge in [-0.2, -0.15) is 0 Å². The van der Waals surface area contributed by atoms with Crippen LogP contribution >= 0.6 is 11.3 Å². The third-order valence-corrected chi connectivity index (χ3v) is 4.06. The van der Waals surface area contributed by atoms with Crippen molar-refractivity contribution in [3.05, 3.63) is 21.4 Å². The molecule has 84 valence electrons. The van der Waals surface area contributed by atoms with Crippen molar-refractivity contribution in [2.75, 3.05) is 32.7 Å². The molecule has 2 rings (SSSR count). The molecule has 2 nitrogen and oxygen atoms in total. The van der Waals surface area contributed by atoms with Crippen molar-refractivity contribution in [1.29, 1.82) is 0 Å². The van der Waals surface area contributed by atoms with Gasteiger partial charge in [-0.15, -0.1) is 11.3 Å². The van der Waals surface area contributed by atoms with E-state index in [1.54, 1.807) is 5.56 Å². The fourth-order valence-corrected chi connectivity index (χ4v) is 3.12. The van der Waals surface area contributed by atoms with Gasteiger partial charge in [0.05, 0.1) is 0 Å². The molecule has 0 radical (unpaired) electrons. The fourth-order valence-electron chi connectivity index (χ4n) is 2.15. The summed E-state index contributed by atoms with van der Waals surface area (Å²) in [6.07, 6.45) is 1.22. The average molecular weight is 224 g/mol. The molecule has 0 aliphatic carbocycles. The molecule has 1 aliphatic heterocycles. The van der Waals surface area contributed by atoms with Gasteiger partial charge >= 0.3 is 0 Å². The first-order chi connectivity index (χ1) is 7.25. The van der Waals surface area contributed by atoms with Crippen LogP contribution in [-0.4, -0.2) is 37.6 Å². The molecule has 15 heavy (non-hydrogen) atoms. The summed E-state index contributed by atoms with van der Waals surface area (Å²) in [5.41, 5.74) is 1.55. The molecular formula is C12H20N2S. The zero-order chi connectivity index (χ0) is 10.7. The molecule has 2 heterocycles. The quantitative estimate of drug-likeness (QED) is 0.842. The number of nitrogens with zero attached hydrogens (tertiary/aromatic N) is 1. The van der Waals surface area contributed by atoms with Crippen LogP contribution in [0.25, 0.3) is 0 Å². The van der Waals surface area contributed by atoms with Crippen molar-refractivity contribution in [2.24, 2.45) is 0 Å². The van der Waals surface area contributed by atoms with Gasteiger partial charge in [0.15, 0.2) is 0 Å². The van der Waals surface area contributed by atoms with E-state index in [9.17, 15) is 0 Å². The maximum absolute atomic E-state index is 3.39. The van der Waals surface area contributed by atoms with Crippen molar-refractivity contribution in [2.45, 2.75) is 20.3 Å². The molecule has 1 aliphatic rings. The predicted octanol–water partition coefficient (Wildman–Crippen LogP) is 1.81. The lowest BCUT2D eigenvalue weighted by molar-refractivity contribution is 0.244. The second kappa shape index (κ2) is 5.10. The Bertz CT molecular complexity index is 313. The fraction of sp³-hybridized carbons (Fsp3) is 0.667. The highest BCUT2D eigenvalue weighted by Gasteiger charge is 2.10. The molecule has 0 amide bonds. The molecule has 0 aromatic carbocycles. The van der Waals surface area contributed by atoms with E-state index in [0.29, 0.717) is 0 Å². The Kier molecular flexibility index (Phi) is 3.78. The summed E-state index contributed by atoms with van der Waals surface area (Å²) in [5, 5.41) is 3.39. The smallest absolute Gasteiger partial charge is 0.0108 e. The number of aryl methyl sites for hydroxylation is 2. The minimum atomic E-state index is 1.15.